The Morgan fingerprint density at radius 3 is 2.76 bits per heavy atom. The highest BCUT2D eigenvalue weighted by atomic mass is 16.5. The summed E-state index contributed by atoms with van der Waals surface area (Å²) >= 11 is 0. The van der Waals surface area contributed by atoms with Crippen molar-refractivity contribution in [3.8, 4) is 0 Å². The average molecular weight is 294 g/mol. The molecule has 1 aromatic rings. The zero-order chi connectivity index (χ0) is 15.7. The van der Waals surface area contributed by atoms with E-state index in [4.69, 9.17) is 9.84 Å². The Hall–Kier alpha value is -1.13. The van der Waals surface area contributed by atoms with Crippen molar-refractivity contribution in [2.75, 3.05) is 25.1 Å². The summed E-state index contributed by atoms with van der Waals surface area (Å²) < 4.78 is 5.95. The summed E-state index contributed by atoms with van der Waals surface area (Å²) in [6, 6.07) is 5.85. The largest absolute Gasteiger partial charge is 0.396 e. The quantitative estimate of drug-likeness (QED) is 0.695. The lowest BCUT2D eigenvalue weighted by molar-refractivity contribution is -0.0252. The molecule has 21 heavy (non-hydrogen) atoms. The van der Waals surface area contributed by atoms with Crippen LogP contribution in [0.15, 0.2) is 18.2 Å². The molecule has 0 unspecified atom stereocenters. The highest BCUT2D eigenvalue weighted by Gasteiger charge is 2.17. The Morgan fingerprint density at radius 2 is 2.10 bits per heavy atom. The van der Waals surface area contributed by atoms with Crippen molar-refractivity contribution in [3.05, 3.63) is 23.9 Å². The van der Waals surface area contributed by atoms with Crippen LogP contribution in [0.5, 0.6) is 0 Å². The fourth-order valence-corrected chi connectivity index (χ4v) is 1.97. The van der Waals surface area contributed by atoms with Crippen molar-refractivity contribution in [2.45, 2.75) is 52.6 Å². The van der Waals surface area contributed by atoms with Gasteiger partial charge in [0.1, 0.15) is 5.82 Å². The van der Waals surface area contributed by atoms with Crippen molar-refractivity contribution in [3.63, 3.8) is 0 Å². The van der Waals surface area contributed by atoms with Gasteiger partial charge in [0.2, 0.25) is 0 Å². The van der Waals surface area contributed by atoms with Crippen LogP contribution in [0.3, 0.4) is 0 Å². The van der Waals surface area contributed by atoms with Crippen molar-refractivity contribution < 1.29 is 9.84 Å². The predicted octanol–water partition coefficient (Wildman–Crippen LogP) is 3.26. The van der Waals surface area contributed by atoms with Crippen LogP contribution in [0.4, 0.5) is 5.82 Å². The number of nitrogens with zero attached hydrogens (tertiary/aromatic N) is 1. The van der Waals surface area contributed by atoms with E-state index in [2.05, 4.69) is 38.0 Å². The van der Waals surface area contributed by atoms with Crippen LogP contribution in [0.25, 0.3) is 0 Å². The highest BCUT2D eigenvalue weighted by Crippen LogP contribution is 2.16. The first-order valence-electron chi connectivity index (χ1n) is 7.87. The second-order valence-electron chi connectivity index (χ2n) is 6.46. The van der Waals surface area contributed by atoms with Gasteiger partial charge in [0.15, 0.2) is 0 Å². The summed E-state index contributed by atoms with van der Waals surface area (Å²) in [5.74, 6) is 1.54. The van der Waals surface area contributed by atoms with Gasteiger partial charge in [0.05, 0.1) is 5.60 Å². The number of nitrogens with one attached hydrogen (secondary N) is 1. The van der Waals surface area contributed by atoms with Gasteiger partial charge >= 0.3 is 0 Å². The normalized spacial score (nSPS) is 11.9. The highest BCUT2D eigenvalue weighted by molar-refractivity contribution is 5.35. The maximum absolute atomic E-state index is 8.94. The minimum Gasteiger partial charge on any atom is -0.396 e. The van der Waals surface area contributed by atoms with E-state index in [9.17, 15) is 0 Å². The van der Waals surface area contributed by atoms with Crippen LogP contribution in [0, 0.1) is 5.92 Å². The van der Waals surface area contributed by atoms with E-state index in [1.165, 1.54) is 0 Å². The molecule has 2 N–H and O–H groups in total. The summed E-state index contributed by atoms with van der Waals surface area (Å²) in [5.41, 5.74) is 0.792. The predicted molar refractivity (Wildman–Crippen MR) is 87.6 cm³/mol. The number of hydrogen-bond acceptors (Lipinski definition) is 4. The molecular weight excluding hydrogens is 264 g/mol. The SMILES string of the molecule is CC(C)CCOC(C)(C)CCNc1cccc(CCO)n1. The fraction of sp³-hybridized carbons (Fsp3) is 0.706. The number of anilines is 1. The molecule has 0 aliphatic heterocycles. The van der Waals surface area contributed by atoms with Crippen molar-refractivity contribution in [1.82, 2.24) is 4.98 Å². The number of ether oxygens (including phenoxy) is 1. The average Bonchev–Trinajstić information content (AvgIpc) is 2.38. The summed E-state index contributed by atoms with van der Waals surface area (Å²) in [4.78, 5) is 4.46. The molecule has 0 saturated carbocycles. The second-order valence-corrected chi connectivity index (χ2v) is 6.46. The Kier molecular flexibility index (Phi) is 7.68. The van der Waals surface area contributed by atoms with Crippen LogP contribution in [0.2, 0.25) is 0 Å². The summed E-state index contributed by atoms with van der Waals surface area (Å²) in [6.45, 7) is 10.5. The molecule has 0 bridgehead atoms. The zero-order valence-electron chi connectivity index (χ0n) is 13.9. The van der Waals surface area contributed by atoms with Crippen molar-refractivity contribution >= 4 is 5.82 Å². The first-order valence-corrected chi connectivity index (χ1v) is 7.87. The lowest BCUT2D eigenvalue weighted by Gasteiger charge is -2.26. The fourth-order valence-electron chi connectivity index (χ4n) is 1.97. The van der Waals surface area contributed by atoms with Gasteiger partial charge in [0, 0.05) is 31.9 Å². The molecule has 0 aliphatic carbocycles. The van der Waals surface area contributed by atoms with Gasteiger partial charge in [-0.15, -0.1) is 0 Å². The first kappa shape index (κ1) is 17.9. The molecule has 120 valence electrons. The van der Waals surface area contributed by atoms with Gasteiger partial charge in [0.25, 0.3) is 0 Å². The number of rotatable bonds is 10. The van der Waals surface area contributed by atoms with Crippen LogP contribution in [0.1, 0.15) is 46.2 Å². The molecule has 0 fully saturated rings. The monoisotopic (exact) mass is 294 g/mol. The number of pyridine rings is 1. The summed E-state index contributed by atoms with van der Waals surface area (Å²) in [6.07, 6.45) is 2.62. The maximum atomic E-state index is 8.94. The van der Waals surface area contributed by atoms with E-state index in [1.807, 2.05) is 18.2 Å². The third-order valence-electron chi connectivity index (χ3n) is 3.40. The number of aliphatic hydroxyl groups excluding tert-OH is 1. The second kappa shape index (κ2) is 9.00. The molecule has 0 saturated heterocycles. The Labute approximate surface area is 128 Å². The van der Waals surface area contributed by atoms with Gasteiger partial charge in [-0.1, -0.05) is 19.9 Å². The van der Waals surface area contributed by atoms with Gasteiger partial charge in [-0.2, -0.15) is 0 Å². The molecule has 0 aromatic carbocycles. The molecule has 0 amide bonds. The van der Waals surface area contributed by atoms with E-state index in [1.54, 1.807) is 0 Å². The lowest BCUT2D eigenvalue weighted by Crippen LogP contribution is -2.28. The molecule has 0 spiro atoms. The molecule has 1 rings (SSSR count). The van der Waals surface area contributed by atoms with Gasteiger partial charge < -0.3 is 15.2 Å². The molecule has 1 aromatic heterocycles. The standard InChI is InChI=1S/C17H30N2O2/c1-14(2)9-13-21-17(3,4)10-11-18-16-7-5-6-15(19-16)8-12-20/h5-7,14,20H,8-13H2,1-4H3,(H,18,19). The van der Waals surface area contributed by atoms with E-state index < -0.39 is 0 Å². The lowest BCUT2D eigenvalue weighted by atomic mass is 10.0. The molecular formula is C17H30N2O2. The number of aromatic nitrogens is 1. The number of hydrogen-bond donors (Lipinski definition) is 2. The maximum Gasteiger partial charge on any atom is 0.126 e. The number of aliphatic hydroxyl groups is 1. The Morgan fingerprint density at radius 1 is 1.33 bits per heavy atom. The zero-order valence-corrected chi connectivity index (χ0v) is 13.9. The third kappa shape index (κ3) is 8.02. The van der Waals surface area contributed by atoms with Gasteiger partial charge in [-0.05, 0) is 44.7 Å². The van der Waals surface area contributed by atoms with E-state index >= 15 is 0 Å². The van der Waals surface area contributed by atoms with Gasteiger partial charge in [-0.3, -0.25) is 0 Å². The van der Waals surface area contributed by atoms with E-state index in [0.29, 0.717) is 12.3 Å². The molecule has 4 heteroatoms. The third-order valence-corrected chi connectivity index (χ3v) is 3.40. The van der Waals surface area contributed by atoms with Crippen molar-refractivity contribution in [2.24, 2.45) is 5.92 Å². The Bertz CT molecular complexity index is 406. The summed E-state index contributed by atoms with van der Waals surface area (Å²) in [7, 11) is 0. The molecule has 0 aliphatic rings. The van der Waals surface area contributed by atoms with Crippen LogP contribution in [-0.4, -0.2) is 35.5 Å². The molecule has 0 radical (unpaired) electrons. The Balaban J connectivity index is 2.32. The van der Waals surface area contributed by atoms with Crippen LogP contribution >= 0.6 is 0 Å². The minimum atomic E-state index is -0.120. The smallest absolute Gasteiger partial charge is 0.126 e. The molecule has 1 heterocycles. The van der Waals surface area contributed by atoms with Crippen LogP contribution < -0.4 is 5.32 Å². The summed E-state index contributed by atoms with van der Waals surface area (Å²) in [5, 5.41) is 12.3. The minimum absolute atomic E-state index is 0.120. The van der Waals surface area contributed by atoms with Crippen LogP contribution in [-0.2, 0) is 11.2 Å². The van der Waals surface area contributed by atoms with Gasteiger partial charge in [-0.25, -0.2) is 4.98 Å². The first-order chi connectivity index (χ1) is 9.93. The van der Waals surface area contributed by atoms with E-state index in [0.717, 1.165) is 37.5 Å². The van der Waals surface area contributed by atoms with E-state index in [-0.39, 0.29) is 12.2 Å². The molecule has 4 nitrogen and oxygen atoms in total. The topological polar surface area (TPSA) is 54.4 Å². The van der Waals surface area contributed by atoms with Crippen molar-refractivity contribution in [1.29, 1.82) is 0 Å². The molecule has 0 atom stereocenters.